The van der Waals surface area contributed by atoms with Crippen LogP contribution in [0.3, 0.4) is 0 Å². The zero-order valence-electron chi connectivity index (χ0n) is 18.1. The first-order valence-electron chi connectivity index (χ1n) is 10.8. The third-order valence-electron chi connectivity index (χ3n) is 6.00. The van der Waals surface area contributed by atoms with Crippen LogP contribution < -0.4 is 10.1 Å². The molecule has 34 heavy (non-hydrogen) atoms. The number of nitrogens with zero attached hydrogens (tertiary/aromatic N) is 3. The van der Waals surface area contributed by atoms with Gasteiger partial charge in [-0.05, 0) is 56.5 Å². The van der Waals surface area contributed by atoms with Crippen molar-refractivity contribution in [2.24, 2.45) is 0 Å². The maximum absolute atomic E-state index is 13.2. The van der Waals surface area contributed by atoms with Gasteiger partial charge in [-0.2, -0.15) is 5.10 Å². The fraction of sp³-hybridized carbons (Fsp3) is 0.409. The van der Waals surface area contributed by atoms with E-state index in [1.807, 2.05) is 0 Å². The molecule has 0 bridgehead atoms. The zero-order valence-corrected chi connectivity index (χ0v) is 18.9. The van der Waals surface area contributed by atoms with E-state index in [9.17, 15) is 26.4 Å². The number of fused-ring (bicyclic) bond motifs is 1. The maximum atomic E-state index is 13.2. The Balaban J connectivity index is 1.49. The molecule has 1 amide bonds. The number of nitrogens with one attached hydrogen (secondary N) is 1. The molecule has 1 N–H and O–H groups in total. The molecule has 12 heteroatoms. The molecule has 1 aliphatic carbocycles. The SMILES string of the molecule is Cc1nn(C2CCS(=O)(=O)C2)c2nc(C3CC3)cc(C(=O)Nc3ccc(OC(F)(F)F)cc3)c12. The summed E-state index contributed by atoms with van der Waals surface area (Å²) in [6.45, 7) is 1.74. The summed E-state index contributed by atoms with van der Waals surface area (Å²) in [6, 6.07) is 6.24. The second-order valence-electron chi connectivity index (χ2n) is 8.68. The van der Waals surface area contributed by atoms with Gasteiger partial charge in [-0.15, -0.1) is 13.2 Å². The number of rotatable bonds is 5. The number of aromatic nitrogens is 3. The van der Waals surface area contributed by atoms with Crippen LogP contribution in [0.15, 0.2) is 30.3 Å². The lowest BCUT2D eigenvalue weighted by atomic mass is 10.1. The quantitative estimate of drug-likeness (QED) is 0.572. The Kier molecular flexibility index (Phi) is 5.30. The Hall–Kier alpha value is -3.15. The molecule has 2 aromatic heterocycles. The van der Waals surface area contributed by atoms with Crippen LogP contribution >= 0.6 is 0 Å². The fourth-order valence-corrected chi connectivity index (χ4v) is 5.95. The molecule has 2 aliphatic rings. The number of hydrogen-bond acceptors (Lipinski definition) is 6. The first-order chi connectivity index (χ1) is 16.0. The van der Waals surface area contributed by atoms with Crippen molar-refractivity contribution < 1.29 is 31.1 Å². The van der Waals surface area contributed by atoms with Gasteiger partial charge in [-0.1, -0.05) is 0 Å². The van der Waals surface area contributed by atoms with E-state index in [2.05, 4.69) is 15.2 Å². The highest BCUT2D eigenvalue weighted by Gasteiger charge is 2.34. The number of pyridine rings is 1. The number of hydrogen-bond donors (Lipinski definition) is 1. The highest BCUT2D eigenvalue weighted by atomic mass is 32.2. The Morgan fingerprint density at radius 1 is 1.18 bits per heavy atom. The predicted molar refractivity (Wildman–Crippen MR) is 118 cm³/mol. The standard InChI is InChI=1S/C22H21F3N4O4S/c1-12-19-17(21(30)26-14-4-6-16(7-5-14)33-22(23,24)25)10-18(13-2-3-13)27-20(19)29(28-12)15-8-9-34(31,32)11-15/h4-7,10,13,15H,2-3,8-9,11H2,1H3,(H,26,30). The Morgan fingerprint density at radius 2 is 1.88 bits per heavy atom. The average molecular weight is 494 g/mol. The zero-order chi connectivity index (χ0) is 24.3. The van der Waals surface area contributed by atoms with E-state index in [1.165, 1.54) is 12.1 Å². The van der Waals surface area contributed by atoms with Crippen LogP contribution in [0.25, 0.3) is 11.0 Å². The number of ether oxygens (including phenoxy) is 1. The monoisotopic (exact) mass is 494 g/mol. The molecule has 1 saturated carbocycles. The molecule has 1 saturated heterocycles. The molecule has 5 rings (SSSR count). The van der Waals surface area contributed by atoms with Crippen LogP contribution in [0.1, 0.15) is 53.0 Å². The molecular formula is C22H21F3N4O4S. The molecule has 1 aromatic carbocycles. The minimum atomic E-state index is -4.80. The van der Waals surface area contributed by atoms with Crippen LogP contribution in [-0.2, 0) is 9.84 Å². The van der Waals surface area contributed by atoms with Gasteiger partial charge in [0.25, 0.3) is 5.91 Å². The summed E-state index contributed by atoms with van der Waals surface area (Å²) >= 11 is 0. The molecule has 0 spiro atoms. The lowest BCUT2D eigenvalue weighted by Gasteiger charge is -2.12. The van der Waals surface area contributed by atoms with Crippen molar-refractivity contribution in [3.8, 4) is 5.75 Å². The number of benzene rings is 1. The highest BCUT2D eigenvalue weighted by Crippen LogP contribution is 2.41. The lowest BCUT2D eigenvalue weighted by Crippen LogP contribution is -2.17. The smallest absolute Gasteiger partial charge is 0.406 e. The average Bonchev–Trinajstić information content (AvgIpc) is 3.47. The van der Waals surface area contributed by atoms with Gasteiger partial charge in [0.2, 0.25) is 0 Å². The van der Waals surface area contributed by atoms with E-state index in [1.54, 1.807) is 17.7 Å². The summed E-state index contributed by atoms with van der Waals surface area (Å²) in [7, 11) is -3.15. The third kappa shape index (κ3) is 4.59. The maximum Gasteiger partial charge on any atom is 0.573 e. The predicted octanol–water partition coefficient (Wildman–Crippen LogP) is 4.13. The van der Waals surface area contributed by atoms with E-state index >= 15 is 0 Å². The largest absolute Gasteiger partial charge is 0.573 e. The summed E-state index contributed by atoms with van der Waals surface area (Å²) < 4.78 is 66.7. The Morgan fingerprint density at radius 3 is 2.47 bits per heavy atom. The molecule has 180 valence electrons. The number of carbonyl (C=O) groups excluding carboxylic acids is 1. The van der Waals surface area contributed by atoms with Crippen molar-refractivity contribution in [1.29, 1.82) is 0 Å². The number of alkyl halides is 3. The first kappa shape index (κ1) is 22.6. The molecule has 1 unspecified atom stereocenters. The van der Waals surface area contributed by atoms with Crippen LogP contribution in [0, 0.1) is 6.92 Å². The van der Waals surface area contributed by atoms with E-state index < -0.39 is 27.9 Å². The third-order valence-corrected chi connectivity index (χ3v) is 7.75. The first-order valence-corrected chi connectivity index (χ1v) is 12.6. The van der Waals surface area contributed by atoms with Gasteiger partial charge >= 0.3 is 6.36 Å². The number of aryl methyl sites for hydroxylation is 1. The number of amides is 1. The van der Waals surface area contributed by atoms with Crippen molar-refractivity contribution in [3.63, 3.8) is 0 Å². The van der Waals surface area contributed by atoms with E-state index in [0.717, 1.165) is 30.7 Å². The Bertz CT molecular complexity index is 1380. The molecule has 0 radical (unpaired) electrons. The normalized spacial score (nSPS) is 19.9. The topological polar surface area (TPSA) is 103 Å². The van der Waals surface area contributed by atoms with Crippen LogP contribution in [-0.4, -0.2) is 47.0 Å². The van der Waals surface area contributed by atoms with Gasteiger partial charge in [-0.25, -0.2) is 18.1 Å². The van der Waals surface area contributed by atoms with Gasteiger partial charge < -0.3 is 10.1 Å². The van der Waals surface area contributed by atoms with Crippen molar-refractivity contribution in [1.82, 2.24) is 14.8 Å². The summed E-state index contributed by atoms with van der Waals surface area (Å²) in [6.07, 6.45) is -2.47. The fourth-order valence-electron chi connectivity index (χ4n) is 4.26. The number of carbonyl (C=O) groups is 1. The molecule has 3 heterocycles. The van der Waals surface area contributed by atoms with E-state index in [4.69, 9.17) is 4.98 Å². The highest BCUT2D eigenvalue weighted by molar-refractivity contribution is 7.91. The summed E-state index contributed by atoms with van der Waals surface area (Å²) in [5.41, 5.74) is 2.40. The second kappa shape index (κ2) is 7.97. The number of anilines is 1. The molecular weight excluding hydrogens is 473 g/mol. The minimum Gasteiger partial charge on any atom is -0.406 e. The summed E-state index contributed by atoms with van der Waals surface area (Å²) in [5, 5.41) is 7.78. The van der Waals surface area contributed by atoms with Crippen molar-refractivity contribution in [2.75, 3.05) is 16.8 Å². The van der Waals surface area contributed by atoms with Crippen LogP contribution in [0.4, 0.5) is 18.9 Å². The Labute approximate surface area is 193 Å². The summed E-state index contributed by atoms with van der Waals surface area (Å²) in [5.74, 6) is -0.559. The van der Waals surface area contributed by atoms with Gasteiger partial charge in [0, 0.05) is 17.3 Å². The number of halogens is 3. The van der Waals surface area contributed by atoms with Crippen LogP contribution in [0.5, 0.6) is 5.75 Å². The molecule has 3 aromatic rings. The van der Waals surface area contributed by atoms with E-state index in [0.29, 0.717) is 34.4 Å². The van der Waals surface area contributed by atoms with Crippen LogP contribution in [0.2, 0.25) is 0 Å². The lowest BCUT2D eigenvalue weighted by molar-refractivity contribution is -0.274. The molecule has 1 aliphatic heterocycles. The molecule has 2 fully saturated rings. The van der Waals surface area contributed by atoms with Crippen molar-refractivity contribution in [2.45, 2.75) is 44.5 Å². The summed E-state index contributed by atoms with van der Waals surface area (Å²) in [4.78, 5) is 18.0. The molecule has 1 atom stereocenters. The van der Waals surface area contributed by atoms with Gasteiger partial charge in [0.05, 0.1) is 34.2 Å². The second-order valence-corrected chi connectivity index (χ2v) is 10.9. The van der Waals surface area contributed by atoms with E-state index in [-0.39, 0.29) is 23.5 Å². The van der Waals surface area contributed by atoms with Gasteiger partial charge in [0.1, 0.15) is 5.75 Å². The van der Waals surface area contributed by atoms with Crippen molar-refractivity contribution >= 4 is 32.5 Å². The van der Waals surface area contributed by atoms with Gasteiger partial charge in [-0.3, -0.25) is 4.79 Å². The molecule has 8 nitrogen and oxygen atoms in total. The minimum absolute atomic E-state index is 0.0214. The van der Waals surface area contributed by atoms with Gasteiger partial charge in [0.15, 0.2) is 15.5 Å². The van der Waals surface area contributed by atoms with Crippen molar-refractivity contribution in [3.05, 3.63) is 47.3 Å². The number of sulfone groups is 1.